The number of aryl methyl sites for hydroxylation is 1. The van der Waals surface area contributed by atoms with E-state index in [9.17, 15) is 14.4 Å². The Morgan fingerprint density at radius 2 is 1.93 bits per heavy atom. The van der Waals surface area contributed by atoms with E-state index in [2.05, 4.69) is 41.4 Å². The van der Waals surface area contributed by atoms with Gasteiger partial charge in [-0.3, -0.25) is 19.3 Å². The first kappa shape index (κ1) is 22.0. The molecule has 7 nitrogen and oxygen atoms in total. The quantitative estimate of drug-likeness (QED) is 0.650. The molecule has 0 bridgehead atoms. The summed E-state index contributed by atoms with van der Waals surface area (Å²) in [5.74, 6) is -0.892. The molecule has 0 radical (unpaired) electrons. The van der Waals surface area contributed by atoms with Crippen molar-refractivity contribution >= 4 is 29.1 Å². The molecule has 0 atom stereocenters. The Hall–Kier alpha value is -2.71. The van der Waals surface area contributed by atoms with Crippen molar-refractivity contribution in [3.8, 4) is 0 Å². The van der Waals surface area contributed by atoms with E-state index in [4.69, 9.17) is 4.74 Å². The Balaban J connectivity index is 1.30. The third kappa shape index (κ3) is 6.67. The van der Waals surface area contributed by atoms with Crippen LogP contribution < -0.4 is 5.32 Å². The van der Waals surface area contributed by atoms with Crippen molar-refractivity contribution < 1.29 is 19.1 Å². The summed E-state index contributed by atoms with van der Waals surface area (Å²) in [6.07, 6.45) is 0.0351. The molecule has 1 aromatic heterocycles. The van der Waals surface area contributed by atoms with Crippen LogP contribution >= 0.6 is 11.3 Å². The molecule has 1 fully saturated rings. The first-order chi connectivity index (χ1) is 14.5. The Morgan fingerprint density at radius 3 is 2.63 bits per heavy atom. The lowest BCUT2D eigenvalue weighted by Gasteiger charge is -2.34. The SMILES string of the molecule is Cc1cccc(CN2CCN(C(=O)COC(=O)CCNC(=O)c3ccsc3)CC2)c1. The summed E-state index contributed by atoms with van der Waals surface area (Å²) in [4.78, 5) is 40.0. The van der Waals surface area contributed by atoms with Crippen LogP contribution in [0.3, 0.4) is 0 Å². The van der Waals surface area contributed by atoms with Crippen LogP contribution in [0, 0.1) is 6.92 Å². The van der Waals surface area contributed by atoms with Crippen molar-refractivity contribution in [2.45, 2.75) is 19.9 Å². The van der Waals surface area contributed by atoms with Gasteiger partial charge in [-0.2, -0.15) is 11.3 Å². The van der Waals surface area contributed by atoms with E-state index in [-0.39, 0.29) is 31.4 Å². The number of piperazine rings is 1. The Bertz CT molecular complexity index is 861. The number of amides is 2. The largest absolute Gasteiger partial charge is 0.456 e. The topological polar surface area (TPSA) is 79.0 Å². The highest BCUT2D eigenvalue weighted by Gasteiger charge is 2.22. The normalized spacial score (nSPS) is 14.4. The smallest absolute Gasteiger partial charge is 0.308 e. The molecule has 0 saturated carbocycles. The van der Waals surface area contributed by atoms with Crippen molar-refractivity contribution in [1.82, 2.24) is 15.1 Å². The van der Waals surface area contributed by atoms with E-state index >= 15 is 0 Å². The molecule has 30 heavy (non-hydrogen) atoms. The highest BCUT2D eigenvalue weighted by atomic mass is 32.1. The van der Waals surface area contributed by atoms with Gasteiger partial charge in [-0.15, -0.1) is 0 Å². The van der Waals surface area contributed by atoms with Crippen molar-refractivity contribution in [3.63, 3.8) is 0 Å². The fraction of sp³-hybridized carbons (Fsp3) is 0.409. The maximum Gasteiger partial charge on any atom is 0.308 e. The minimum Gasteiger partial charge on any atom is -0.456 e. The molecule has 2 amide bonds. The van der Waals surface area contributed by atoms with Gasteiger partial charge < -0.3 is 15.0 Å². The zero-order valence-corrected chi connectivity index (χ0v) is 18.0. The maximum atomic E-state index is 12.3. The second-order valence-corrected chi connectivity index (χ2v) is 8.10. The number of hydrogen-bond donors (Lipinski definition) is 1. The number of esters is 1. The van der Waals surface area contributed by atoms with Crippen molar-refractivity contribution in [2.24, 2.45) is 0 Å². The monoisotopic (exact) mass is 429 g/mol. The van der Waals surface area contributed by atoms with Gasteiger partial charge in [0.15, 0.2) is 6.61 Å². The summed E-state index contributed by atoms with van der Waals surface area (Å²) in [7, 11) is 0. The summed E-state index contributed by atoms with van der Waals surface area (Å²) in [5, 5.41) is 6.22. The molecule has 2 heterocycles. The number of benzene rings is 1. The average molecular weight is 430 g/mol. The maximum absolute atomic E-state index is 12.3. The molecule has 2 aromatic rings. The predicted molar refractivity (Wildman–Crippen MR) is 115 cm³/mol. The molecular weight excluding hydrogens is 402 g/mol. The fourth-order valence-corrected chi connectivity index (χ4v) is 3.94. The van der Waals surface area contributed by atoms with Gasteiger partial charge in [-0.25, -0.2) is 0 Å². The van der Waals surface area contributed by atoms with Crippen molar-refractivity contribution in [3.05, 3.63) is 57.8 Å². The number of rotatable bonds is 8. The first-order valence-electron chi connectivity index (χ1n) is 10.0. The predicted octanol–water partition coefficient (Wildman–Crippen LogP) is 2.06. The summed E-state index contributed by atoms with van der Waals surface area (Å²) in [6.45, 7) is 5.71. The summed E-state index contributed by atoms with van der Waals surface area (Å²) >= 11 is 1.44. The third-order valence-corrected chi connectivity index (χ3v) is 5.65. The number of thiophene rings is 1. The van der Waals surface area contributed by atoms with Gasteiger partial charge >= 0.3 is 5.97 Å². The van der Waals surface area contributed by atoms with Gasteiger partial charge in [0, 0.05) is 50.2 Å². The van der Waals surface area contributed by atoms with E-state index in [0.29, 0.717) is 18.7 Å². The minimum absolute atomic E-state index is 0.0351. The lowest BCUT2D eigenvalue weighted by atomic mass is 10.1. The Labute approximate surface area is 180 Å². The summed E-state index contributed by atoms with van der Waals surface area (Å²) in [5.41, 5.74) is 3.09. The molecule has 0 spiro atoms. The molecule has 1 aromatic carbocycles. The molecule has 0 aliphatic carbocycles. The second-order valence-electron chi connectivity index (χ2n) is 7.32. The van der Waals surface area contributed by atoms with Crippen LogP contribution in [0.1, 0.15) is 27.9 Å². The molecule has 160 valence electrons. The summed E-state index contributed by atoms with van der Waals surface area (Å²) < 4.78 is 5.07. The van der Waals surface area contributed by atoms with Gasteiger partial charge in [0.2, 0.25) is 0 Å². The van der Waals surface area contributed by atoms with Crippen LogP contribution in [0.15, 0.2) is 41.1 Å². The van der Waals surface area contributed by atoms with Crippen LogP contribution in [0.2, 0.25) is 0 Å². The highest BCUT2D eigenvalue weighted by molar-refractivity contribution is 7.08. The minimum atomic E-state index is -0.493. The van der Waals surface area contributed by atoms with E-state index in [1.165, 1.54) is 22.5 Å². The average Bonchev–Trinajstić information content (AvgIpc) is 3.27. The molecule has 1 aliphatic heterocycles. The van der Waals surface area contributed by atoms with E-state index in [0.717, 1.165) is 19.6 Å². The van der Waals surface area contributed by atoms with E-state index < -0.39 is 5.97 Å². The van der Waals surface area contributed by atoms with Crippen molar-refractivity contribution in [1.29, 1.82) is 0 Å². The van der Waals surface area contributed by atoms with Crippen LogP contribution in [0.4, 0.5) is 0 Å². The van der Waals surface area contributed by atoms with Gasteiger partial charge in [0.1, 0.15) is 0 Å². The highest BCUT2D eigenvalue weighted by Crippen LogP contribution is 2.11. The molecule has 0 unspecified atom stereocenters. The van der Waals surface area contributed by atoms with Crippen LogP contribution in [0.5, 0.6) is 0 Å². The van der Waals surface area contributed by atoms with E-state index in [1.807, 2.05) is 5.38 Å². The molecule has 1 N–H and O–H groups in total. The lowest BCUT2D eigenvalue weighted by Crippen LogP contribution is -2.49. The molecule has 1 aliphatic rings. The number of hydrogen-bond acceptors (Lipinski definition) is 6. The molecule has 1 saturated heterocycles. The zero-order valence-electron chi connectivity index (χ0n) is 17.1. The van der Waals surface area contributed by atoms with Crippen LogP contribution in [-0.4, -0.2) is 66.9 Å². The fourth-order valence-electron chi connectivity index (χ4n) is 3.30. The van der Waals surface area contributed by atoms with Gasteiger partial charge in [0.25, 0.3) is 11.8 Å². The van der Waals surface area contributed by atoms with Gasteiger partial charge in [-0.1, -0.05) is 29.8 Å². The molecule has 3 rings (SSSR count). The number of nitrogens with zero attached hydrogens (tertiary/aromatic N) is 2. The van der Waals surface area contributed by atoms with Crippen molar-refractivity contribution in [2.75, 3.05) is 39.3 Å². The number of carbonyl (C=O) groups is 3. The molecular formula is C22H27N3O4S. The third-order valence-electron chi connectivity index (χ3n) is 4.97. The van der Waals surface area contributed by atoms with Crippen LogP contribution in [0.25, 0.3) is 0 Å². The lowest BCUT2D eigenvalue weighted by molar-refractivity contribution is -0.152. The second kappa shape index (κ2) is 10.9. The Morgan fingerprint density at radius 1 is 1.13 bits per heavy atom. The van der Waals surface area contributed by atoms with Crippen LogP contribution in [-0.2, 0) is 20.9 Å². The van der Waals surface area contributed by atoms with Gasteiger partial charge in [-0.05, 0) is 23.9 Å². The summed E-state index contributed by atoms with van der Waals surface area (Å²) in [6, 6.07) is 10.2. The molecule has 8 heteroatoms. The number of carbonyl (C=O) groups excluding carboxylic acids is 3. The number of nitrogens with one attached hydrogen (secondary N) is 1. The Kier molecular flexibility index (Phi) is 7.98. The standard InChI is InChI=1S/C22H27N3O4S/c1-17-3-2-4-18(13-17)14-24-8-10-25(11-9-24)20(26)15-29-21(27)5-7-23-22(28)19-6-12-30-16-19/h2-4,6,12-13,16H,5,7-11,14-15H2,1H3,(H,23,28). The zero-order chi connectivity index (χ0) is 21.3. The first-order valence-corrected chi connectivity index (χ1v) is 11.0. The number of ether oxygens (including phenoxy) is 1. The van der Waals surface area contributed by atoms with Gasteiger partial charge in [0.05, 0.1) is 6.42 Å². The van der Waals surface area contributed by atoms with E-state index in [1.54, 1.807) is 16.3 Å².